The molecule has 0 saturated heterocycles. The molecule has 0 aliphatic carbocycles. The van der Waals surface area contributed by atoms with Gasteiger partial charge in [0, 0.05) is 27.2 Å². The molecule has 0 aliphatic rings. The number of pyridine rings is 1. The first-order valence-electron chi connectivity index (χ1n) is 5.51. The van der Waals surface area contributed by atoms with Crippen LogP contribution < -0.4 is 5.56 Å². The lowest BCUT2D eigenvalue weighted by Crippen LogP contribution is -2.06. The number of rotatable bonds is 0. The van der Waals surface area contributed by atoms with E-state index in [0.29, 0.717) is 15.9 Å². The van der Waals surface area contributed by atoms with Gasteiger partial charge in [-0.3, -0.25) is 4.79 Å². The first-order chi connectivity index (χ1) is 8.56. The highest BCUT2D eigenvalue weighted by Crippen LogP contribution is 2.30. The Morgan fingerprint density at radius 2 is 1.94 bits per heavy atom. The second kappa shape index (κ2) is 3.75. The predicted molar refractivity (Wildman–Crippen MR) is 73.5 cm³/mol. The fraction of sp³-hybridized carbons (Fsp3) is 0.0714. The van der Waals surface area contributed by atoms with Gasteiger partial charge in [0.25, 0.3) is 5.56 Å². The molecule has 3 nitrogen and oxygen atoms in total. The lowest BCUT2D eigenvalue weighted by Gasteiger charge is -2.07. The van der Waals surface area contributed by atoms with Gasteiger partial charge in [-0.25, -0.2) is 0 Å². The third kappa shape index (κ3) is 1.56. The highest BCUT2D eigenvalue weighted by molar-refractivity contribution is 6.37. The van der Waals surface area contributed by atoms with E-state index in [9.17, 15) is 9.90 Å². The molecule has 0 spiro atoms. The van der Waals surface area contributed by atoms with Crippen LogP contribution >= 0.6 is 11.6 Å². The second-order valence-electron chi connectivity index (χ2n) is 4.35. The first kappa shape index (κ1) is 11.1. The first-order valence-corrected chi connectivity index (χ1v) is 5.89. The molecular weight excluding hydrogens is 250 g/mol. The van der Waals surface area contributed by atoms with Crippen molar-refractivity contribution >= 4 is 33.3 Å². The Bertz CT molecular complexity index is 836. The Morgan fingerprint density at radius 3 is 2.72 bits per heavy atom. The molecule has 0 amide bonds. The number of aromatic hydroxyl groups is 1. The summed E-state index contributed by atoms with van der Waals surface area (Å²) in [5, 5.41) is 12.1. The number of H-pyrrole nitrogens is 1. The number of aromatic nitrogens is 1. The van der Waals surface area contributed by atoms with Crippen LogP contribution in [0.4, 0.5) is 0 Å². The molecular formula is C14H10ClNO2. The Kier molecular flexibility index (Phi) is 2.31. The van der Waals surface area contributed by atoms with Gasteiger partial charge in [0.2, 0.25) is 0 Å². The summed E-state index contributed by atoms with van der Waals surface area (Å²) in [6.45, 7) is 1.89. The molecule has 3 aromatic rings. The van der Waals surface area contributed by atoms with Crippen LogP contribution in [0.15, 0.2) is 35.1 Å². The molecule has 0 saturated carbocycles. The van der Waals surface area contributed by atoms with Gasteiger partial charge in [-0.2, -0.15) is 0 Å². The number of hydrogen-bond acceptors (Lipinski definition) is 2. The van der Waals surface area contributed by atoms with Gasteiger partial charge in [-0.15, -0.1) is 0 Å². The van der Waals surface area contributed by atoms with Crippen molar-refractivity contribution in [2.45, 2.75) is 6.92 Å². The number of aromatic amines is 1. The Labute approximate surface area is 108 Å². The van der Waals surface area contributed by atoms with Gasteiger partial charge < -0.3 is 10.1 Å². The molecule has 0 atom stereocenters. The summed E-state index contributed by atoms with van der Waals surface area (Å²) in [6, 6.07) is 8.49. The van der Waals surface area contributed by atoms with Crippen LogP contribution in [0, 0.1) is 6.92 Å². The van der Waals surface area contributed by atoms with Crippen molar-refractivity contribution in [3.05, 3.63) is 51.3 Å². The normalized spacial score (nSPS) is 11.2. The third-order valence-corrected chi connectivity index (χ3v) is 3.30. The quantitative estimate of drug-likeness (QED) is 0.608. The molecule has 0 bridgehead atoms. The maximum atomic E-state index is 12.0. The summed E-state index contributed by atoms with van der Waals surface area (Å²) in [6.07, 6.45) is 0. The summed E-state index contributed by atoms with van der Waals surface area (Å²) in [7, 11) is 0. The zero-order valence-corrected chi connectivity index (χ0v) is 10.4. The fourth-order valence-electron chi connectivity index (χ4n) is 2.24. The van der Waals surface area contributed by atoms with Crippen LogP contribution in [0.1, 0.15) is 5.56 Å². The molecule has 0 unspecified atom stereocenters. The Hall–Kier alpha value is -2.00. The molecule has 90 valence electrons. The molecule has 0 radical (unpaired) electrons. The monoisotopic (exact) mass is 259 g/mol. The number of phenols is 1. The van der Waals surface area contributed by atoms with Crippen molar-refractivity contribution in [1.82, 2.24) is 4.98 Å². The van der Waals surface area contributed by atoms with Gasteiger partial charge in [0.15, 0.2) is 0 Å². The predicted octanol–water partition coefficient (Wildman–Crippen LogP) is 3.35. The average molecular weight is 260 g/mol. The molecule has 0 aliphatic heterocycles. The van der Waals surface area contributed by atoms with Crippen molar-refractivity contribution < 1.29 is 5.11 Å². The third-order valence-electron chi connectivity index (χ3n) is 3.00. The summed E-state index contributed by atoms with van der Waals surface area (Å²) in [5.74, 6) is 0.112. The van der Waals surface area contributed by atoms with Crippen molar-refractivity contribution in [3.8, 4) is 5.75 Å². The molecule has 2 N–H and O–H groups in total. The summed E-state index contributed by atoms with van der Waals surface area (Å²) >= 11 is 6.24. The minimum Gasteiger partial charge on any atom is -0.508 e. The van der Waals surface area contributed by atoms with Crippen LogP contribution in [-0.2, 0) is 0 Å². The largest absolute Gasteiger partial charge is 0.508 e. The van der Waals surface area contributed by atoms with E-state index in [2.05, 4.69) is 4.98 Å². The maximum absolute atomic E-state index is 12.0. The topological polar surface area (TPSA) is 53.1 Å². The van der Waals surface area contributed by atoms with Gasteiger partial charge in [-0.1, -0.05) is 11.6 Å². The van der Waals surface area contributed by atoms with Crippen LogP contribution in [0.3, 0.4) is 0 Å². The number of benzene rings is 2. The lowest BCUT2D eigenvalue weighted by atomic mass is 10.0. The summed E-state index contributed by atoms with van der Waals surface area (Å²) < 4.78 is 0. The van der Waals surface area contributed by atoms with Crippen molar-refractivity contribution in [3.63, 3.8) is 0 Å². The Morgan fingerprint density at radius 1 is 1.17 bits per heavy atom. The van der Waals surface area contributed by atoms with E-state index in [-0.39, 0.29) is 11.3 Å². The number of phenolic OH excluding ortho intramolecular Hbond substituents is 1. The van der Waals surface area contributed by atoms with E-state index in [0.717, 1.165) is 16.3 Å². The van der Waals surface area contributed by atoms with E-state index in [1.54, 1.807) is 12.1 Å². The molecule has 18 heavy (non-hydrogen) atoms. The molecule has 1 aromatic heterocycles. The van der Waals surface area contributed by atoms with E-state index in [1.165, 1.54) is 6.07 Å². The zero-order valence-electron chi connectivity index (χ0n) is 9.62. The zero-order chi connectivity index (χ0) is 12.9. The number of hydrogen-bond donors (Lipinski definition) is 2. The van der Waals surface area contributed by atoms with Crippen LogP contribution in [0.5, 0.6) is 5.75 Å². The van der Waals surface area contributed by atoms with Crippen molar-refractivity contribution in [2.24, 2.45) is 0 Å². The molecule has 2 aromatic carbocycles. The van der Waals surface area contributed by atoms with Crippen LogP contribution in [0.25, 0.3) is 21.7 Å². The number of aryl methyl sites for hydroxylation is 1. The minimum absolute atomic E-state index is 0.112. The molecule has 1 heterocycles. The van der Waals surface area contributed by atoms with Gasteiger partial charge in [0.1, 0.15) is 5.75 Å². The smallest absolute Gasteiger partial charge is 0.256 e. The molecule has 4 heteroatoms. The summed E-state index contributed by atoms with van der Waals surface area (Å²) in [5.41, 5.74) is 1.32. The highest BCUT2D eigenvalue weighted by Gasteiger charge is 2.09. The average Bonchev–Trinajstić information content (AvgIpc) is 2.29. The van der Waals surface area contributed by atoms with Crippen molar-refractivity contribution in [2.75, 3.05) is 0 Å². The Balaban J connectivity index is 2.65. The second-order valence-corrected chi connectivity index (χ2v) is 4.76. The fourth-order valence-corrected chi connectivity index (χ4v) is 2.61. The molecule has 3 rings (SSSR count). The molecule has 0 fully saturated rings. The standard InChI is InChI=1S/C14H10ClNO2/c1-7-4-10-13(11(15)5-7)9-3-2-8(17)6-12(9)16-14(10)18/h2-6,17H,1H3,(H,16,18). The SMILES string of the molecule is Cc1cc(Cl)c2c(c1)c(=O)[nH]c1cc(O)ccc12. The van der Waals surface area contributed by atoms with Crippen LogP contribution in [0.2, 0.25) is 5.02 Å². The number of halogens is 1. The highest BCUT2D eigenvalue weighted by atomic mass is 35.5. The van der Waals surface area contributed by atoms with E-state index in [1.807, 2.05) is 19.1 Å². The summed E-state index contributed by atoms with van der Waals surface area (Å²) in [4.78, 5) is 14.8. The minimum atomic E-state index is -0.200. The van der Waals surface area contributed by atoms with Gasteiger partial charge in [-0.05, 0) is 36.8 Å². The van der Waals surface area contributed by atoms with E-state index >= 15 is 0 Å². The number of nitrogens with one attached hydrogen (secondary N) is 1. The van der Waals surface area contributed by atoms with Gasteiger partial charge >= 0.3 is 0 Å². The van der Waals surface area contributed by atoms with E-state index < -0.39 is 0 Å². The maximum Gasteiger partial charge on any atom is 0.256 e. The number of fused-ring (bicyclic) bond motifs is 3. The van der Waals surface area contributed by atoms with E-state index in [4.69, 9.17) is 11.6 Å². The van der Waals surface area contributed by atoms with Gasteiger partial charge in [0.05, 0.1) is 5.52 Å². The van der Waals surface area contributed by atoms with Crippen LogP contribution in [-0.4, -0.2) is 10.1 Å². The van der Waals surface area contributed by atoms with Crippen molar-refractivity contribution in [1.29, 1.82) is 0 Å². The lowest BCUT2D eigenvalue weighted by molar-refractivity contribution is 0.476.